The van der Waals surface area contributed by atoms with E-state index in [4.69, 9.17) is 10.5 Å². The number of hydrogen-bond donors (Lipinski definition) is 1. The summed E-state index contributed by atoms with van der Waals surface area (Å²) in [6, 6.07) is 2.37. The van der Waals surface area contributed by atoms with Crippen molar-refractivity contribution in [2.24, 2.45) is 0 Å². The lowest BCUT2D eigenvalue weighted by Gasteiger charge is -2.36. The van der Waals surface area contributed by atoms with Crippen molar-refractivity contribution in [3.63, 3.8) is 0 Å². The minimum atomic E-state index is -4.57. The molecule has 0 amide bonds. The number of alkyl halides is 3. The van der Waals surface area contributed by atoms with Crippen LogP contribution in [-0.4, -0.2) is 53.5 Å². The fourth-order valence-electron chi connectivity index (χ4n) is 4.08. The summed E-state index contributed by atoms with van der Waals surface area (Å²) in [7, 11) is 0. The molecule has 0 saturated carbocycles. The van der Waals surface area contributed by atoms with Gasteiger partial charge in [0.25, 0.3) is 0 Å². The summed E-state index contributed by atoms with van der Waals surface area (Å²) >= 11 is 0. The highest BCUT2D eigenvalue weighted by Crippen LogP contribution is 2.37. The molecule has 2 unspecified atom stereocenters. The topological polar surface area (TPSA) is 97.5 Å². The zero-order chi connectivity index (χ0) is 22.0. The van der Waals surface area contributed by atoms with Crippen LogP contribution in [0.15, 0.2) is 24.7 Å². The molecular weight excluding hydrogens is 413 g/mol. The van der Waals surface area contributed by atoms with Crippen LogP contribution in [0.2, 0.25) is 0 Å². The van der Waals surface area contributed by atoms with Gasteiger partial charge < -0.3 is 25.1 Å². The van der Waals surface area contributed by atoms with Gasteiger partial charge in [0.15, 0.2) is 0 Å². The third-order valence-electron chi connectivity index (χ3n) is 5.64. The highest BCUT2D eigenvalue weighted by Gasteiger charge is 2.37. The third kappa shape index (κ3) is 4.55. The molecule has 4 heterocycles. The Morgan fingerprint density at radius 2 is 1.94 bits per heavy atom. The van der Waals surface area contributed by atoms with Gasteiger partial charge in [0.1, 0.15) is 36.2 Å². The van der Waals surface area contributed by atoms with Crippen molar-refractivity contribution in [1.82, 2.24) is 15.0 Å². The van der Waals surface area contributed by atoms with Crippen LogP contribution in [0, 0.1) is 0 Å². The average molecular weight is 436 g/mol. The van der Waals surface area contributed by atoms with Crippen LogP contribution >= 0.6 is 0 Å². The second kappa shape index (κ2) is 8.66. The standard InChI is InChI=1S/C20H23F3N6O2/c21-20(22,23)15-7-17(24)25-9-14(15)16-10-28(5-6-31-16)18-8-19(27-12-26-18)29-4-2-1-3-13(29)11-30/h7-9,11-13,16H,1-6,10H2,(H2,24,25). The summed E-state index contributed by atoms with van der Waals surface area (Å²) in [4.78, 5) is 27.7. The minimum Gasteiger partial charge on any atom is -0.384 e. The number of aldehydes is 1. The Morgan fingerprint density at radius 3 is 2.71 bits per heavy atom. The molecule has 11 heteroatoms. The summed E-state index contributed by atoms with van der Waals surface area (Å²) in [5, 5.41) is 0. The van der Waals surface area contributed by atoms with Crippen molar-refractivity contribution in [3.8, 4) is 0 Å². The number of halogens is 3. The molecule has 0 radical (unpaired) electrons. The predicted molar refractivity (Wildman–Crippen MR) is 108 cm³/mol. The van der Waals surface area contributed by atoms with E-state index in [0.717, 1.165) is 44.4 Å². The molecule has 0 aromatic carbocycles. The fraction of sp³-hybridized carbons (Fsp3) is 0.500. The molecule has 2 saturated heterocycles. The van der Waals surface area contributed by atoms with Crippen LogP contribution < -0.4 is 15.5 Å². The van der Waals surface area contributed by atoms with Gasteiger partial charge in [0, 0.05) is 37.5 Å². The van der Waals surface area contributed by atoms with Crippen molar-refractivity contribution in [2.75, 3.05) is 41.8 Å². The Bertz CT molecular complexity index is 941. The van der Waals surface area contributed by atoms with Crippen molar-refractivity contribution in [1.29, 1.82) is 0 Å². The van der Waals surface area contributed by atoms with E-state index in [-0.39, 0.29) is 30.6 Å². The molecule has 0 aliphatic carbocycles. The average Bonchev–Trinajstić information content (AvgIpc) is 2.78. The first-order chi connectivity index (χ1) is 14.9. The monoisotopic (exact) mass is 436 g/mol. The van der Waals surface area contributed by atoms with Crippen LogP contribution in [-0.2, 0) is 15.7 Å². The number of anilines is 3. The number of nitrogen functional groups attached to an aromatic ring is 1. The molecule has 2 aromatic rings. The zero-order valence-corrected chi connectivity index (χ0v) is 16.8. The Kier molecular flexibility index (Phi) is 5.94. The minimum absolute atomic E-state index is 0.0577. The quantitative estimate of drug-likeness (QED) is 0.731. The van der Waals surface area contributed by atoms with E-state index < -0.39 is 17.8 Å². The number of hydrogen-bond acceptors (Lipinski definition) is 8. The molecule has 8 nitrogen and oxygen atoms in total. The van der Waals surface area contributed by atoms with Gasteiger partial charge in [-0.15, -0.1) is 0 Å². The third-order valence-corrected chi connectivity index (χ3v) is 5.64. The maximum absolute atomic E-state index is 13.5. The Morgan fingerprint density at radius 1 is 1.13 bits per heavy atom. The molecule has 0 bridgehead atoms. The van der Waals surface area contributed by atoms with E-state index in [1.807, 2.05) is 9.80 Å². The van der Waals surface area contributed by atoms with Gasteiger partial charge in [-0.2, -0.15) is 13.2 Å². The van der Waals surface area contributed by atoms with Gasteiger partial charge in [-0.25, -0.2) is 15.0 Å². The fourth-order valence-corrected chi connectivity index (χ4v) is 4.08. The highest BCUT2D eigenvalue weighted by atomic mass is 19.4. The Labute approximate surface area is 177 Å². The molecule has 2 atom stereocenters. The second-order valence-electron chi connectivity index (χ2n) is 7.63. The van der Waals surface area contributed by atoms with E-state index in [1.54, 1.807) is 6.07 Å². The van der Waals surface area contributed by atoms with E-state index in [9.17, 15) is 18.0 Å². The van der Waals surface area contributed by atoms with E-state index in [2.05, 4.69) is 15.0 Å². The maximum atomic E-state index is 13.5. The Hall–Kier alpha value is -2.95. The molecule has 2 N–H and O–H groups in total. The normalized spacial score (nSPS) is 22.4. The SMILES string of the molecule is Nc1cc(C(F)(F)F)c(C2CN(c3cc(N4CCCCC4C=O)ncn3)CCO2)cn1. The summed E-state index contributed by atoms with van der Waals surface area (Å²) in [5.41, 5.74) is 4.57. The summed E-state index contributed by atoms with van der Waals surface area (Å²) in [6.45, 7) is 1.58. The first-order valence-corrected chi connectivity index (χ1v) is 10.1. The number of nitrogens with two attached hydrogens (primary N) is 1. The number of piperidine rings is 1. The maximum Gasteiger partial charge on any atom is 0.416 e. The lowest BCUT2D eigenvalue weighted by molar-refractivity contribution is -0.139. The lowest BCUT2D eigenvalue weighted by atomic mass is 10.0. The van der Waals surface area contributed by atoms with Gasteiger partial charge in [-0.3, -0.25) is 0 Å². The van der Waals surface area contributed by atoms with Crippen LogP contribution in [0.4, 0.5) is 30.6 Å². The van der Waals surface area contributed by atoms with E-state index >= 15 is 0 Å². The van der Waals surface area contributed by atoms with E-state index in [1.165, 1.54) is 6.33 Å². The number of pyridine rings is 1. The number of morpholine rings is 1. The number of nitrogens with zero attached hydrogens (tertiary/aromatic N) is 5. The molecule has 2 aliphatic rings. The van der Waals surface area contributed by atoms with E-state index in [0.29, 0.717) is 18.2 Å². The van der Waals surface area contributed by atoms with Crippen molar-refractivity contribution in [3.05, 3.63) is 35.8 Å². The first-order valence-electron chi connectivity index (χ1n) is 10.1. The number of aromatic nitrogens is 3. The Balaban J connectivity index is 1.58. The van der Waals surface area contributed by atoms with Gasteiger partial charge in [0.05, 0.1) is 18.2 Å². The molecule has 2 aliphatic heterocycles. The summed E-state index contributed by atoms with van der Waals surface area (Å²) < 4.78 is 46.2. The van der Waals surface area contributed by atoms with Gasteiger partial charge >= 0.3 is 6.18 Å². The smallest absolute Gasteiger partial charge is 0.384 e. The predicted octanol–water partition coefficient (Wildman–Crippen LogP) is 2.61. The van der Waals surface area contributed by atoms with Crippen molar-refractivity contribution >= 4 is 23.7 Å². The molecule has 31 heavy (non-hydrogen) atoms. The number of carbonyl (C=O) groups is 1. The number of ether oxygens (including phenoxy) is 1. The van der Waals surface area contributed by atoms with Crippen LogP contribution in [0.3, 0.4) is 0 Å². The lowest BCUT2D eigenvalue weighted by Crippen LogP contribution is -2.42. The first kappa shape index (κ1) is 21.3. The largest absolute Gasteiger partial charge is 0.416 e. The molecule has 4 rings (SSSR count). The van der Waals surface area contributed by atoms with Crippen LogP contribution in [0.5, 0.6) is 0 Å². The number of carbonyl (C=O) groups excluding carboxylic acids is 1. The summed E-state index contributed by atoms with van der Waals surface area (Å²) in [6.07, 6.45) is 0.782. The second-order valence-corrected chi connectivity index (χ2v) is 7.63. The zero-order valence-electron chi connectivity index (χ0n) is 16.8. The number of rotatable bonds is 4. The van der Waals surface area contributed by atoms with Crippen LogP contribution in [0.25, 0.3) is 0 Å². The van der Waals surface area contributed by atoms with Crippen molar-refractivity contribution in [2.45, 2.75) is 37.6 Å². The van der Waals surface area contributed by atoms with Gasteiger partial charge in [-0.1, -0.05) is 0 Å². The summed E-state index contributed by atoms with van der Waals surface area (Å²) in [5.74, 6) is 1.01. The molecule has 2 aromatic heterocycles. The van der Waals surface area contributed by atoms with Crippen molar-refractivity contribution < 1.29 is 22.7 Å². The molecule has 166 valence electrons. The molecule has 2 fully saturated rings. The van der Waals surface area contributed by atoms with Crippen LogP contribution in [0.1, 0.15) is 36.5 Å². The molecular formula is C20H23F3N6O2. The molecule has 0 spiro atoms. The highest BCUT2D eigenvalue weighted by molar-refractivity contribution is 5.66. The van der Waals surface area contributed by atoms with Gasteiger partial charge in [0.2, 0.25) is 0 Å². The van der Waals surface area contributed by atoms with Gasteiger partial charge in [-0.05, 0) is 25.3 Å².